The van der Waals surface area contributed by atoms with Crippen LogP contribution in [0.3, 0.4) is 0 Å². The Bertz CT molecular complexity index is 284. The molecule has 0 aromatic rings. The molecule has 17 heavy (non-hydrogen) atoms. The molecule has 0 aromatic heterocycles. The fourth-order valence-corrected chi connectivity index (χ4v) is 2.53. The lowest BCUT2D eigenvalue weighted by atomic mass is 10.0. The van der Waals surface area contributed by atoms with Crippen LogP contribution in [0.2, 0.25) is 0 Å². The quantitative estimate of drug-likeness (QED) is 0.521. The Labute approximate surface area is 108 Å². The maximum Gasteiger partial charge on any atom is 0.230 e. The molecular formula is C12H22N2O2S. The number of hydrogen-bond acceptors (Lipinski definition) is 3. The number of thiocarbonyl (C=S) groups is 1. The summed E-state index contributed by atoms with van der Waals surface area (Å²) in [5.41, 5.74) is 5.53. The molecule has 1 saturated carbocycles. The number of aliphatic hydroxyl groups excluding tert-OH is 1. The van der Waals surface area contributed by atoms with E-state index in [0.29, 0.717) is 6.42 Å². The van der Waals surface area contributed by atoms with Crippen LogP contribution >= 0.6 is 12.2 Å². The van der Waals surface area contributed by atoms with Crippen molar-refractivity contribution in [1.82, 2.24) is 5.32 Å². The highest BCUT2D eigenvalue weighted by molar-refractivity contribution is 7.80. The van der Waals surface area contributed by atoms with Gasteiger partial charge in [-0.05, 0) is 19.3 Å². The van der Waals surface area contributed by atoms with Gasteiger partial charge < -0.3 is 16.2 Å². The normalized spacial score (nSPS) is 26.9. The fraction of sp³-hybridized carbons (Fsp3) is 0.833. The second-order valence-electron chi connectivity index (χ2n) is 4.68. The van der Waals surface area contributed by atoms with E-state index < -0.39 is 12.0 Å². The van der Waals surface area contributed by atoms with Crippen LogP contribution in [0.1, 0.15) is 45.4 Å². The van der Waals surface area contributed by atoms with Crippen molar-refractivity contribution in [3.63, 3.8) is 0 Å². The predicted molar refractivity (Wildman–Crippen MR) is 71.6 cm³/mol. The smallest absolute Gasteiger partial charge is 0.230 e. The van der Waals surface area contributed by atoms with Gasteiger partial charge in [0.1, 0.15) is 0 Å². The van der Waals surface area contributed by atoms with Crippen molar-refractivity contribution >= 4 is 23.1 Å². The first-order valence-electron chi connectivity index (χ1n) is 6.34. The SMILES string of the molecule is CCC(C(=O)NC1CCCCCC1O)C(N)=S. The monoisotopic (exact) mass is 258 g/mol. The molecule has 3 atom stereocenters. The standard InChI is InChI=1S/C12H22N2O2S/c1-2-8(11(13)17)12(16)14-9-6-4-3-5-7-10(9)15/h8-10,15H,2-7H2,1H3,(H2,13,17)(H,14,16). The van der Waals surface area contributed by atoms with E-state index in [1.54, 1.807) is 0 Å². The fourth-order valence-electron chi connectivity index (χ4n) is 2.26. The molecule has 0 saturated heterocycles. The van der Waals surface area contributed by atoms with Gasteiger partial charge in [-0.2, -0.15) is 0 Å². The Morgan fingerprint density at radius 2 is 2.12 bits per heavy atom. The molecule has 0 aliphatic heterocycles. The molecule has 1 aliphatic carbocycles. The lowest BCUT2D eigenvalue weighted by Gasteiger charge is -2.24. The Hall–Kier alpha value is -0.680. The zero-order chi connectivity index (χ0) is 12.8. The van der Waals surface area contributed by atoms with Crippen molar-refractivity contribution in [2.75, 3.05) is 0 Å². The van der Waals surface area contributed by atoms with E-state index in [4.69, 9.17) is 18.0 Å². The Balaban J connectivity index is 2.56. The van der Waals surface area contributed by atoms with Crippen LogP contribution < -0.4 is 11.1 Å². The van der Waals surface area contributed by atoms with Gasteiger partial charge in [0.15, 0.2) is 0 Å². The third kappa shape index (κ3) is 4.24. The molecule has 0 spiro atoms. The summed E-state index contributed by atoms with van der Waals surface area (Å²) in [4.78, 5) is 12.2. The van der Waals surface area contributed by atoms with Crippen LogP contribution in [0.15, 0.2) is 0 Å². The molecule has 1 aliphatic rings. The topological polar surface area (TPSA) is 75.3 Å². The average Bonchev–Trinajstić information content (AvgIpc) is 2.45. The molecule has 1 amide bonds. The summed E-state index contributed by atoms with van der Waals surface area (Å²) in [5, 5.41) is 12.8. The van der Waals surface area contributed by atoms with Crippen LogP contribution in [0.4, 0.5) is 0 Å². The maximum absolute atomic E-state index is 12.0. The molecule has 1 rings (SSSR count). The number of carbonyl (C=O) groups is 1. The third-order valence-electron chi connectivity index (χ3n) is 3.38. The average molecular weight is 258 g/mol. The summed E-state index contributed by atoms with van der Waals surface area (Å²) in [7, 11) is 0. The molecule has 0 heterocycles. The molecule has 4 N–H and O–H groups in total. The Morgan fingerprint density at radius 3 is 2.71 bits per heavy atom. The lowest BCUT2D eigenvalue weighted by molar-refractivity contribution is -0.124. The third-order valence-corrected chi connectivity index (χ3v) is 3.66. The summed E-state index contributed by atoms with van der Waals surface area (Å²) in [5.74, 6) is -0.564. The van der Waals surface area contributed by atoms with Gasteiger partial charge in [-0.15, -0.1) is 0 Å². The van der Waals surface area contributed by atoms with Gasteiger partial charge in [0.05, 0.1) is 23.1 Å². The summed E-state index contributed by atoms with van der Waals surface area (Å²) in [6, 6.07) is -0.145. The lowest BCUT2D eigenvalue weighted by Crippen LogP contribution is -2.47. The highest BCUT2D eigenvalue weighted by Gasteiger charge is 2.27. The van der Waals surface area contributed by atoms with Crippen molar-refractivity contribution in [3.8, 4) is 0 Å². The number of nitrogens with two attached hydrogens (primary N) is 1. The molecule has 3 unspecified atom stereocenters. The number of hydrogen-bond donors (Lipinski definition) is 3. The summed E-state index contributed by atoms with van der Waals surface area (Å²) in [6.45, 7) is 1.88. The van der Waals surface area contributed by atoms with Crippen molar-refractivity contribution in [3.05, 3.63) is 0 Å². The van der Waals surface area contributed by atoms with Crippen LogP contribution in [-0.4, -0.2) is 28.1 Å². The van der Waals surface area contributed by atoms with E-state index in [1.165, 1.54) is 0 Å². The molecule has 5 heteroatoms. The van der Waals surface area contributed by atoms with Gasteiger partial charge in [0.25, 0.3) is 0 Å². The minimum atomic E-state index is -0.440. The Kier molecular flexibility index (Phi) is 5.85. The predicted octanol–water partition coefficient (Wildman–Crippen LogP) is 1.11. The van der Waals surface area contributed by atoms with Crippen molar-refractivity contribution in [2.45, 2.75) is 57.6 Å². The van der Waals surface area contributed by atoms with Crippen molar-refractivity contribution < 1.29 is 9.90 Å². The molecule has 4 nitrogen and oxygen atoms in total. The summed E-state index contributed by atoms with van der Waals surface area (Å²) >= 11 is 4.87. The number of aliphatic hydroxyl groups is 1. The second kappa shape index (κ2) is 6.91. The van der Waals surface area contributed by atoms with Crippen molar-refractivity contribution in [2.24, 2.45) is 11.7 Å². The minimum Gasteiger partial charge on any atom is -0.393 e. The molecule has 98 valence electrons. The van der Waals surface area contributed by atoms with Crippen LogP contribution in [0.5, 0.6) is 0 Å². The molecule has 1 fully saturated rings. The van der Waals surface area contributed by atoms with E-state index in [9.17, 15) is 9.90 Å². The van der Waals surface area contributed by atoms with E-state index in [0.717, 1.165) is 32.1 Å². The van der Waals surface area contributed by atoms with Crippen molar-refractivity contribution in [1.29, 1.82) is 0 Å². The highest BCUT2D eigenvalue weighted by atomic mass is 32.1. The first-order valence-corrected chi connectivity index (χ1v) is 6.74. The molecule has 0 bridgehead atoms. The van der Waals surface area contributed by atoms with Crippen LogP contribution in [-0.2, 0) is 4.79 Å². The summed E-state index contributed by atoms with van der Waals surface area (Å²) < 4.78 is 0. The first kappa shape index (κ1) is 14.4. The van der Waals surface area contributed by atoms with Crippen LogP contribution in [0.25, 0.3) is 0 Å². The summed E-state index contributed by atoms with van der Waals surface area (Å²) in [6.07, 6.45) is 4.95. The van der Waals surface area contributed by atoms with E-state index >= 15 is 0 Å². The van der Waals surface area contributed by atoms with E-state index in [2.05, 4.69) is 5.32 Å². The van der Waals surface area contributed by atoms with E-state index in [-0.39, 0.29) is 16.9 Å². The number of amides is 1. The van der Waals surface area contributed by atoms with Crippen LogP contribution in [0, 0.1) is 5.92 Å². The highest BCUT2D eigenvalue weighted by Crippen LogP contribution is 2.18. The largest absolute Gasteiger partial charge is 0.393 e. The molecule has 0 aromatic carbocycles. The van der Waals surface area contributed by atoms with Gasteiger partial charge in [0.2, 0.25) is 5.91 Å². The minimum absolute atomic E-state index is 0.145. The number of nitrogens with one attached hydrogen (secondary N) is 1. The van der Waals surface area contributed by atoms with Gasteiger partial charge >= 0.3 is 0 Å². The van der Waals surface area contributed by atoms with Gasteiger partial charge in [-0.25, -0.2) is 0 Å². The zero-order valence-corrected chi connectivity index (χ0v) is 11.1. The second-order valence-corrected chi connectivity index (χ2v) is 5.16. The Morgan fingerprint density at radius 1 is 1.47 bits per heavy atom. The zero-order valence-electron chi connectivity index (χ0n) is 10.3. The van der Waals surface area contributed by atoms with Gasteiger partial charge in [-0.3, -0.25) is 4.79 Å². The number of rotatable bonds is 4. The van der Waals surface area contributed by atoms with E-state index in [1.807, 2.05) is 6.92 Å². The maximum atomic E-state index is 12.0. The molecular weight excluding hydrogens is 236 g/mol. The molecule has 0 radical (unpaired) electrons. The van der Waals surface area contributed by atoms with Gasteiger partial charge in [0, 0.05) is 0 Å². The van der Waals surface area contributed by atoms with Gasteiger partial charge in [-0.1, -0.05) is 38.4 Å². The first-order chi connectivity index (χ1) is 8.06. The number of carbonyl (C=O) groups excluding carboxylic acids is 1.